The van der Waals surface area contributed by atoms with Crippen LogP contribution < -0.4 is 5.32 Å². The minimum absolute atomic E-state index is 0.0517. The van der Waals surface area contributed by atoms with E-state index in [1.165, 1.54) is 13.8 Å². The molecule has 3 aromatic rings. The minimum atomic E-state index is -5.30. The number of aliphatic carboxylic acids is 1. The molecule has 0 unspecified atom stereocenters. The third-order valence-corrected chi connectivity index (χ3v) is 8.22. The number of likely N-dealkylation sites (N-methyl/N-ethyl adjacent to an activating group) is 1. The molecule has 0 heterocycles. The van der Waals surface area contributed by atoms with Crippen LogP contribution in [0.2, 0.25) is 0 Å². The lowest BCUT2D eigenvalue weighted by Crippen LogP contribution is -2.54. The Morgan fingerprint density at radius 2 is 1.41 bits per heavy atom. The van der Waals surface area contributed by atoms with E-state index in [0.717, 1.165) is 17.8 Å². The number of rotatable bonds is 9. The standard InChI is InChI=1S/C27H26F6N2O5S/c1-15(2)23(24(36)34-22(25(37)38)11-16-8-9-17-6-4-5-7-18(17)10-16)35(3)41(39,40)21-13-19(26(28,29)30)12-20(14-21)27(31,32)33/h4-10,12-15,22-23H,11H2,1-3H3,(H,34,36)(H,37,38)/t22-,23-/m0/s1. The lowest BCUT2D eigenvalue weighted by molar-refractivity contribution is -0.143. The zero-order valence-corrected chi connectivity index (χ0v) is 22.7. The number of amides is 1. The van der Waals surface area contributed by atoms with Crippen LogP contribution in [-0.2, 0) is 38.4 Å². The molecule has 0 bridgehead atoms. The number of carboxylic acid groups (broad SMARTS) is 1. The predicted molar refractivity (Wildman–Crippen MR) is 137 cm³/mol. The van der Waals surface area contributed by atoms with Gasteiger partial charge in [0.1, 0.15) is 12.1 Å². The van der Waals surface area contributed by atoms with Crippen molar-refractivity contribution in [3.63, 3.8) is 0 Å². The van der Waals surface area contributed by atoms with Crippen LogP contribution in [-0.4, -0.2) is 48.8 Å². The topological polar surface area (TPSA) is 104 Å². The van der Waals surface area contributed by atoms with Gasteiger partial charge in [0.2, 0.25) is 15.9 Å². The molecular weight excluding hydrogens is 578 g/mol. The van der Waals surface area contributed by atoms with Crippen molar-refractivity contribution in [2.24, 2.45) is 5.92 Å². The fraction of sp³-hybridized carbons (Fsp3) is 0.333. The molecule has 0 radical (unpaired) electrons. The molecule has 222 valence electrons. The van der Waals surface area contributed by atoms with Gasteiger partial charge in [0.05, 0.1) is 16.0 Å². The summed E-state index contributed by atoms with van der Waals surface area (Å²) in [6.07, 6.45) is -10.8. The first kappa shape index (κ1) is 31.9. The van der Waals surface area contributed by atoms with Crippen molar-refractivity contribution in [3.8, 4) is 0 Å². The Kier molecular flexibility index (Phi) is 9.08. The summed E-state index contributed by atoms with van der Waals surface area (Å²) in [5.74, 6) is -3.40. The first-order chi connectivity index (χ1) is 18.8. The molecule has 0 saturated heterocycles. The van der Waals surface area contributed by atoms with Crippen molar-refractivity contribution < 1.29 is 49.5 Å². The second-order valence-corrected chi connectivity index (χ2v) is 11.7. The van der Waals surface area contributed by atoms with Crippen LogP contribution in [0.5, 0.6) is 0 Å². The largest absolute Gasteiger partial charge is 0.480 e. The first-order valence-electron chi connectivity index (χ1n) is 12.1. The van der Waals surface area contributed by atoms with E-state index < -0.39 is 68.3 Å². The lowest BCUT2D eigenvalue weighted by atomic mass is 10.00. The third kappa shape index (κ3) is 7.36. The zero-order chi connectivity index (χ0) is 30.9. The molecule has 0 aliphatic heterocycles. The van der Waals surface area contributed by atoms with Gasteiger partial charge in [0.25, 0.3) is 0 Å². The maximum absolute atomic E-state index is 13.3. The van der Waals surface area contributed by atoms with Crippen LogP contribution in [0.1, 0.15) is 30.5 Å². The summed E-state index contributed by atoms with van der Waals surface area (Å²) in [6.45, 7) is 2.78. The molecule has 14 heteroatoms. The number of benzene rings is 3. The van der Waals surface area contributed by atoms with Crippen molar-refractivity contribution in [1.29, 1.82) is 0 Å². The van der Waals surface area contributed by atoms with Gasteiger partial charge >= 0.3 is 18.3 Å². The molecule has 3 rings (SSSR count). The van der Waals surface area contributed by atoms with Gasteiger partial charge in [-0.25, -0.2) is 13.2 Å². The second-order valence-electron chi connectivity index (χ2n) is 9.74. The van der Waals surface area contributed by atoms with E-state index in [1.54, 1.807) is 30.3 Å². The number of nitrogens with one attached hydrogen (secondary N) is 1. The molecular formula is C27H26F6N2O5S. The Balaban J connectivity index is 1.94. The average Bonchev–Trinajstić information content (AvgIpc) is 2.86. The maximum Gasteiger partial charge on any atom is 0.416 e. The van der Waals surface area contributed by atoms with Gasteiger partial charge in [-0.2, -0.15) is 30.6 Å². The summed E-state index contributed by atoms with van der Waals surface area (Å²) in [5, 5.41) is 13.7. The van der Waals surface area contributed by atoms with Crippen LogP contribution in [0, 0.1) is 5.92 Å². The van der Waals surface area contributed by atoms with E-state index >= 15 is 0 Å². The maximum atomic E-state index is 13.3. The minimum Gasteiger partial charge on any atom is -0.480 e. The highest BCUT2D eigenvalue weighted by Gasteiger charge is 2.41. The smallest absolute Gasteiger partial charge is 0.416 e. The van der Waals surface area contributed by atoms with Crippen LogP contribution in [0.3, 0.4) is 0 Å². The third-order valence-electron chi connectivity index (χ3n) is 6.40. The summed E-state index contributed by atoms with van der Waals surface area (Å²) in [5.41, 5.74) is -3.14. The number of fused-ring (bicyclic) bond motifs is 1. The Bertz CT molecular complexity index is 1520. The number of halogens is 6. The predicted octanol–water partition coefficient (Wildman–Crippen LogP) is 5.33. The number of carbonyl (C=O) groups is 2. The average molecular weight is 605 g/mol. The Labute approximate surface area is 231 Å². The summed E-state index contributed by atoms with van der Waals surface area (Å²) in [6, 6.07) is 9.09. The summed E-state index contributed by atoms with van der Waals surface area (Å²) in [4.78, 5) is 23.9. The number of hydrogen-bond acceptors (Lipinski definition) is 4. The highest BCUT2D eigenvalue weighted by atomic mass is 32.2. The van der Waals surface area contributed by atoms with Gasteiger partial charge in [-0.3, -0.25) is 4.79 Å². The molecule has 1 amide bonds. The Hall–Kier alpha value is -3.65. The number of hydrogen-bond donors (Lipinski definition) is 2. The number of sulfonamides is 1. The fourth-order valence-electron chi connectivity index (χ4n) is 4.34. The number of carbonyl (C=O) groups excluding carboxylic acids is 1. The van der Waals surface area contributed by atoms with Gasteiger partial charge in [0.15, 0.2) is 0 Å². The van der Waals surface area contributed by atoms with Gasteiger partial charge in [-0.15, -0.1) is 0 Å². The molecule has 0 saturated carbocycles. The van der Waals surface area contributed by atoms with E-state index in [1.807, 2.05) is 12.1 Å². The molecule has 41 heavy (non-hydrogen) atoms. The van der Waals surface area contributed by atoms with E-state index in [9.17, 15) is 49.5 Å². The lowest BCUT2D eigenvalue weighted by Gasteiger charge is -2.31. The van der Waals surface area contributed by atoms with Crippen molar-refractivity contribution >= 4 is 32.7 Å². The van der Waals surface area contributed by atoms with Crippen molar-refractivity contribution in [2.45, 2.75) is 49.6 Å². The highest BCUT2D eigenvalue weighted by Crippen LogP contribution is 2.38. The molecule has 0 aromatic heterocycles. The van der Waals surface area contributed by atoms with Gasteiger partial charge in [0, 0.05) is 13.5 Å². The van der Waals surface area contributed by atoms with Crippen molar-refractivity contribution in [1.82, 2.24) is 9.62 Å². The molecule has 7 nitrogen and oxygen atoms in total. The van der Waals surface area contributed by atoms with Gasteiger partial charge < -0.3 is 10.4 Å². The highest BCUT2D eigenvalue weighted by molar-refractivity contribution is 7.89. The molecule has 0 aliphatic carbocycles. The quantitative estimate of drug-likeness (QED) is 0.321. The second kappa shape index (κ2) is 11.7. The Morgan fingerprint density at radius 3 is 1.90 bits per heavy atom. The van der Waals surface area contributed by atoms with Crippen LogP contribution in [0.15, 0.2) is 65.6 Å². The van der Waals surface area contributed by atoms with E-state index in [0.29, 0.717) is 9.87 Å². The van der Waals surface area contributed by atoms with E-state index in [2.05, 4.69) is 5.32 Å². The monoisotopic (exact) mass is 604 g/mol. The summed E-state index contributed by atoms with van der Waals surface area (Å²) < 4.78 is 107. The number of alkyl halides is 6. The molecule has 0 fully saturated rings. The van der Waals surface area contributed by atoms with Crippen LogP contribution in [0.4, 0.5) is 26.3 Å². The Morgan fingerprint density at radius 1 is 0.878 bits per heavy atom. The SMILES string of the molecule is CC(C)[C@@H](C(=O)N[C@@H](Cc1ccc2ccccc2c1)C(=O)O)N(C)S(=O)(=O)c1cc(C(F)(F)F)cc(C(F)(F)F)c1. The molecule has 3 aromatic carbocycles. The van der Waals surface area contributed by atoms with E-state index in [-0.39, 0.29) is 24.6 Å². The molecule has 0 aliphatic rings. The van der Waals surface area contributed by atoms with Gasteiger partial charge in [-0.05, 0) is 40.5 Å². The first-order valence-corrected chi connectivity index (χ1v) is 13.5. The normalized spacial score (nSPS) is 14.3. The van der Waals surface area contributed by atoms with Crippen LogP contribution >= 0.6 is 0 Å². The van der Waals surface area contributed by atoms with Crippen molar-refractivity contribution in [2.75, 3.05) is 7.05 Å². The molecule has 2 atom stereocenters. The summed E-state index contributed by atoms with van der Waals surface area (Å²) >= 11 is 0. The summed E-state index contributed by atoms with van der Waals surface area (Å²) in [7, 11) is -4.28. The molecule has 0 spiro atoms. The number of carboxylic acids is 1. The zero-order valence-electron chi connectivity index (χ0n) is 21.9. The van der Waals surface area contributed by atoms with E-state index in [4.69, 9.17) is 0 Å². The van der Waals surface area contributed by atoms with Gasteiger partial charge in [-0.1, -0.05) is 56.3 Å². The fourth-order valence-corrected chi connectivity index (χ4v) is 5.86. The molecule has 2 N–H and O–H groups in total. The van der Waals surface area contributed by atoms with Crippen LogP contribution in [0.25, 0.3) is 10.8 Å². The van der Waals surface area contributed by atoms with Crippen molar-refractivity contribution in [3.05, 3.63) is 77.4 Å². The number of nitrogens with zero attached hydrogens (tertiary/aromatic N) is 1.